The molecule has 0 saturated carbocycles. The second kappa shape index (κ2) is 11.6. The topological polar surface area (TPSA) is 82.5 Å². The molecule has 1 aromatic heterocycles. The number of carbonyl (C=O) groups is 2. The number of aromatic nitrogens is 2. The van der Waals surface area contributed by atoms with Crippen molar-refractivity contribution in [3.63, 3.8) is 0 Å². The summed E-state index contributed by atoms with van der Waals surface area (Å²) in [6.07, 6.45) is 0. The van der Waals surface area contributed by atoms with Gasteiger partial charge in [-0.1, -0.05) is 56.6 Å². The van der Waals surface area contributed by atoms with Crippen LogP contribution in [-0.2, 0) is 10.2 Å². The van der Waals surface area contributed by atoms with E-state index in [0.717, 1.165) is 16.9 Å². The fourth-order valence-electron chi connectivity index (χ4n) is 3.52. The molecule has 192 valence electrons. The molecule has 0 aliphatic rings. The number of halogens is 1. The Kier molecular flexibility index (Phi) is 8.76. The Morgan fingerprint density at radius 1 is 1.00 bits per heavy atom. The molecule has 3 amide bonds. The first-order valence-corrected chi connectivity index (χ1v) is 12.2. The first-order chi connectivity index (χ1) is 16.9. The molecule has 2 N–H and O–H groups in total. The molecule has 3 rings (SSSR count). The van der Waals surface area contributed by atoms with Crippen LogP contribution in [0.2, 0.25) is 5.02 Å². The van der Waals surface area contributed by atoms with Crippen molar-refractivity contribution in [1.82, 2.24) is 19.6 Å². The van der Waals surface area contributed by atoms with Crippen LogP contribution in [0.3, 0.4) is 0 Å². The number of hydrogen-bond donors (Lipinski definition) is 2. The molecule has 3 aromatic rings. The molecule has 0 saturated heterocycles. The highest BCUT2D eigenvalue weighted by Crippen LogP contribution is 2.27. The van der Waals surface area contributed by atoms with Crippen LogP contribution < -0.4 is 10.6 Å². The van der Waals surface area contributed by atoms with E-state index >= 15 is 0 Å². The molecular weight excluding hydrogens is 476 g/mol. The fourth-order valence-corrected chi connectivity index (χ4v) is 3.71. The van der Waals surface area contributed by atoms with Crippen LogP contribution in [0.1, 0.15) is 32.0 Å². The van der Waals surface area contributed by atoms with Crippen molar-refractivity contribution in [3.8, 4) is 5.69 Å². The van der Waals surface area contributed by atoms with Gasteiger partial charge >= 0.3 is 6.03 Å². The lowest BCUT2D eigenvalue weighted by Crippen LogP contribution is -2.43. The zero-order valence-corrected chi connectivity index (χ0v) is 22.6. The van der Waals surface area contributed by atoms with Gasteiger partial charge in [-0.25, -0.2) is 9.48 Å². The van der Waals surface area contributed by atoms with E-state index in [1.165, 1.54) is 4.90 Å². The van der Waals surface area contributed by atoms with Gasteiger partial charge in [-0.2, -0.15) is 5.10 Å². The van der Waals surface area contributed by atoms with Crippen LogP contribution in [0.15, 0.2) is 54.6 Å². The van der Waals surface area contributed by atoms with Crippen LogP contribution in [0.5, 0.6) is 0 Å². The minimum Gasteiger partial charge on any atom is -0.314 e. The standard InChI is InChI=1S/C27H35ClN6O2/c1-19-10-7-8-13-22(19)34-24(17-23(31-34)27(2,3)4)30-25(35)18-33(15-14-32(5)6)26(36)29-21-12-9-11-20(28)16-21/h7-13,16-17H,14-15,18H2,1-6H3,(H,29,36)(H,30,35). The predicted octanol–water partition coefficient (Wildman–Crippen LogP) is 5.17. The van der Waals surface area contributed by atoms with Gasteiger partial charge in [0, 0.05) is 35.3 Å². The second-order valence-electron chi connectivity index (χ2n) is 10.1. The maximum absolute atomic E-state index is 13.2. The quantitative estimate of drug-likeness (QED) is 0.438. The molecule has 0 aliphatic carbocycles. The van der Waals surface area contributed by atoms with E-state index in [1.54, 1.807) is 28.9 Å². The lowest BCUT2D eigenvalue weighted by Gasteiger charge is -2.24. The van der Waals surface area contributed by atoms with Gasteiger partial charge in [0.05, 0.1) is 11.4 Å². The maximum Gasteiger partial charge on any atom is 0.322 e. The number of anilines is 2. The summed E-state index contributed by atoms with van der Waals surface area (Å²) in [5, 5.41) is 11.1. The number of nitrogens with zero attached hydrogens (tertiary/aromatic N) is 4. The summed E-state index contributed by atoms with van der Waals surface area (Å²) in [6, 6.07) is 16.3. The second-order valence-corrected chi connectivity index (χ2v) is 10.5. The van der Waals surface area contributed by atoms with E-state index in [0.29, 0.717) is 29.6 Å². The number of rotatable bonds is 8. The lowest BCUT2D eigenvalue weighted by atomic mass is 9.92. The monoisotopic (exact) mass is 510 g/mol. The third-order valence-corrected chi connectivity index (χ3v) is 5.84. The van der Waals surface area contributed by atoms with Crippen molar-refractivity contribution in [2.75, 3.05) is 44.4 Å². The molecule has 36 heavy (non-hydrogen) atoms. The lowest BCUT2D eigenvalue weighted by molar-refractivity contribution is -0.116. The van der Waals surface area contributed by atoms with E-state index in [4.69, 9.17) is 16.7 Å². The van der Waals surface area contributed by atoms with Gasteiger partial charge in [-0.3, -0.25) is 4.79 Å². The Hall–Kier alpha value is -3.36. The third kappa shape index (κ3) is 7.32. The van der Waals surface area contributed by atoms with Crippen LogP contribution in [0, 0.1) is 6.92 Å². The molecule has 8 nitrogen and oxygen atoms in total. The molecule has 2 aromatic carbocycles. The molecule has 0 spiro atoms. The number of nitrogens with one attached hydrogen (secondary N) is 2. The van der Waals surface area contributed by atoms with Gasteiger partial charge in [0.15, 0.2) is 0 Å². The molecule has 1 heterocycles. The summed E-state index contributed by atoms with van der Waals surface area (Å²) in [5.41, 5.74) is 3.12. The van der Waals surface area contributed by atoms with E-state index in [2.05, 4.69) is 31.4 Å². The SMILES string of the molecule is Cc1ccccc1-n1nc(C(C)(C)C)cc1NC(=O)CN(CCN(C)C)C(=O)Nc1cccc(Cl)c1. The van der Waals surface area contributed by atoms with E-state index < -0.39 is 0 Å². The number of carbonyl (C=O) groups excluding carboxylic acids is 2. The van der Waals surface area contributed by atoms with Gasteiger partial charge < -0.3 is 20.4 Å². The number of benzene rings is 2. The molecule has 0 radical (unpaired) electrons. The van der Waals surface area contributed by atoms with Gasteiger partial charge in [-0.05, 0) is 50.8 Å². The van der Waals surface area contributed by atoms with Crippen molar-refractivity contribution >= 4 is 35.0 Å². The number of hydrogen-bond acceptors (Lipinski definition) is 4. The largest absolute Gasteiger partial charge is 0.322 e. The van der Waals surface area contributed by atoms with Gasteiger partial charge in [-0.15, -0.1) is 0 Å². The highest BCUT2D eigenvalue weighted by atomic mass is 35.5. The van der Waals surface area contributed by atoms with Gasteiger partial charge in [0.2, 0.25) is 5.91 Å². The number of aryl methyl sites for hydroxylation is 1. The van der Waals surface area contributed by atoms with Crippen molar-refractivity contribution < 1.29 is 9.59 Å². The zero-order valence-electron chi connectivity index (χ0n) is 21.8. The summed E-state index contributed by atoms with van der Waals surface area (Å²) >= 11 is 6.05. The number of urea groups is 1. The molecular formula is C27H35ClN6O2. The zero-order chi connectivity index (χ0) is 26.5. The minimum atomic E-state index is -0.378. The predicted molar refractivity (Wildman–Crippen MR) is 146 cm³/mol. The normalized spacial score (nSPS) is 11.4. The molecule has 9 heteroatoms. The van der Waals surface area contributed by atoms with Crippen molar-refractivity contribution in [2.24, 2.45) is 0 Å². The van der Waals surface area contributed by atoms with Crippen molar-refractivity contribution in [2.45, 2.75) is 33.1 Å². The summed E-state index contributed by atoms with van der Waals surface area (Å²) in [6.45, 7) is 9.08. The molecule has 0 fully saturated rings. The van der Waals surface area contributed by atoms with Crippen molar-refractivity contribution in [3.05, 3.63) is 70.9 Å². The average molecular weight is 511 g/mol. The van der Waals surface area contributed by atoms with Crippen LogP contribution in [-0.4, -0.2) is 65.2 Å². The van der Waals surface area contributed by atoms with E-state index in [-0.39, 0.29) is 23.9 Å². The van der Waals surface area contributed by atoms with Crippen molar-refractivity contribution in [1.29, 1.82) is 0 Å². The highest BCUT2D eigenvalue weighted by Gasteiger charge is 2.23. The Balaban J connectivity index is 1.83. The molecule has 0 unspecified atom stereocenters. The Bertz CT molecular complexity index is 1210. The number of amides is 3. The summed E-state index contributed by atoms with van der Waals surface area (Å²) in [4.78, 5) is 29.7. The first kappa shape index (κ1) is 27.2. The summed E-state index contributed by atoms with van der Waals surface area (Å²) < 4.78 is 1.75. The van der Waals surface area contributed by atoms with Crippen LogP contribution in [0.4, 0.5) is 16.3 Å². The molecule has 0 atom stereocenters. The average Bonchev–Trinajstić information content (AvgIpc) is 3.20. The van der Waals surface area contributed by atoms with E-state index in [9.17, 15) is 9.59 Å². The number of para-hydroxylation sites is 1. The van der Waals surface area contributed by atoms with Crippen LogP contribution in [0.25, 0.3) is 5.69 Å². The fraction of sp³-hybridized carbons (Fsp3) is 0.370. The van der Waals surface area contributed by atoms with Crippen LogP contribution >= 0.6 is 11.6 Å². The summed E-state index contributed by atoms with van der Waals surface area (Å²) in [5.74, 6) is 0.243. The smallest absolute Gasteiger partial charge is 0.314 e. The molecule has 0 aliphatic heterocycles. The number of likely N-dealkylation sites (N-methyl/N-ethyl adjacent to an activating group) is 1. The Morgan fingerprint density at radius 3 is 2.36 bits per heavy atom. The molecule has 0 bridgehead atoms. The van der Waals surface area contributed by atoms with Gasteiger partial charge in [0.25, 0.3) is 0 Å². The van der Waals surface area contributed by atoms with E-state index in [1.807, 2.05) is 56.3 Å². The minimum absolute atomic E-state index is 0.121. The Morgan fingerprint density at radius 2 is 1.72 bits per heavy atom. The third-order valence-electron chi connectivity index (χ3n) is 5.60. The van der Waals surface area contributed by atoms with Gasteiger partial charge in [0.1, 0.15) is 12.4 Å². The highest BCUT2D eigenvalue weighted by molar-refractivity contribution is 6.30. The Labute approximate surface area is 218 Å². The summed E-state index contributed by atoms with van der Waals surface area (Å²) in [7, 11) is 3.84. The first-order valence-electron chi connectivity index (χ1n) is 11.9. The maximum atomic E-state index is 13.2.